The summed E-state index contributed by atoms with van der Waals surface area (Å²) in [6, 6.07) is 12.0. The topological polar surface area (TPSA) is 47.3 Å². The Balaban J connectivity index is 2.55. The molecule has 0 saturated carbocycles. The molecule has 16 heavy (non-hydrogen) atoms. The third-order valence-corrected chi connectivity index (χ3v) is 2.62. The number of nitrogens with zero attached hydrogens (tertiary/aromatic N) is 2. The molecule has 0 fully saturated rings. The van der Waals surface area contributed by atoms with Crippen molar-refractivity contribution in [1.29, 1.82) is 5.26 Å². The minimum absolute atomic E-state index is 0.370. The second-order valence-corrected chi connectivity index (χ2v) is 4.15. The van der Waals surface area contributed by atoms with Crippen molar-refractivity contribution in [2.45, 2.75) is 25.5 Å². The average molecular weight is 218 g/mol. The standard InChI is InChI=1S/C13H18N2O/c1-3-13(16,10-14)11-15(2)9-12-7-5-4-6-8-12/h4-8,16H,3,9,11H2,1-2H3. The summed E-state index contributed by atoms with van der Waals surface area (Å²) in [4.78, 5) is 1.96. The smallest absolute Gasteiger partial charge is 0.163 e. The van der Waals surface area contributed by atoms with Crippen LogP contribution in [0.3, 0.4) is 0 Å². The van der Waals surface area contributed by atoms with Gasteiger partial charge in [-0.05, 0) is 19.0 Å². The maximum atomic E-state index is 9.87. The Labute approximate surface area is 96.9 Å². The summed E-state index contributed by atoms with van der Waals surface area (Å²) in [5.74, 6) is 0. The van der Waals surface area contributed by atoms with Gasteiger partial charge in [-0.3, -0.25) is 4.90 Å². The van der Waals surface area contributed by atoms with Crippen molar-refractivity contribution >= 4 is 0 Å². The van der Waals surface area contributed by atoms with Crippen molar-refractivity contribution in [2.24, 2.45) is 0 Å². The lowest BCUT2D eigenvalue weighted by Gasteiger charge is -2.25. The van der Waals surface area contributed by atoms with Gasteiger partial charge in [-0.15, -0.1) is 0 Å². The van der Waals surface area contributed by atoms with Gasteiger partial charge in [-0.2, -0.15) is 5.26 Å². The first kappa shape index (κ1) is 12.7. The SMILES string of the molecule is CCC(O)(C#N)CN(C)Cc1ccccc1. The molecule has 0 radical (unpaired) electrons. The highest BCUT2D eigenvalue weighted by Crippen LogP contribution is 2.12. The lowest BCUT2D eigenvalue weighted by atomic mass is 10.0. The molecule has 0 saturated heterocycles. The molecule has 0 spiro atoms. The lowest BCUT2D eigenvalue weighted by Crippen LogP contribution is -2.39. The Hall–Kier alpha value is -1.37. The van der Waals surface area contributed by atoms with Gasteiger partial charge in [0.25, 0.3) is 0 Å². The maximum absolute atomic E-state index is 9.87. The van der Waals surface area contributed by atoms with Crippen LogP contribution in [-0.4, -0.2) is 29.2 Å². The first-order chi connectivity index (χ1) is 7.59. The monoisotopic (exact) mass is 218 g/mol. The van der Waals surface area contributed by atoms with Gasteiger partial charge in [0.15, 0.2) is 5.60 Å². The van der Waals surface area contributed by atoms with Gasteiger partial charge < -0.3 is 5.11 Å². The molecule has 1 aromatic carbocycles. The predicted octanol–water partition coefficient (Wildman–Crippen LogP) is 1.78. The van der Waals surface area contributed by atoms with Crippen LogP contribution in [0.2, 0.25) is 0 Å². The number of benzene rings is 1. The molecule has 86 valence electrons. The first-order valence-electron chi connectivity index (χ1n) is 5.46. The van der Waals surface area contributed by atoms with Gasteiger partial charge in [-0.25, -0.2) is 0 Å². The van der Waals surface area contributed by atoms with E-state index in [-0.39, 0.29) is 0 Å². The van der Waals surface area contributed by atoms with Crippen molar-refractivity contribution in [3.63, 3.8) is 0 Å². The van der Waals surface area contributed by atoms with Gasteiger partial charge in [0.2, 0.25) is 0 Å². The van der Waals surface area contributed by atoms with E-state index in [1.54, 1.807) is 0 Å². The minimum atomic E-state index is -1.23. The van der Waals surface area contributed by atoms with Gasteiger partial charge in [-0.1, -0.05) is 37.3 Å². The molecule has 0 aliphatic heterocycles. The maximum Gasteiger partial charge on any atom is 0.163 e. The Kier molecular flexibility index (Phi) is 4.48. The van der Waals surface area contributed by atoms with Crippen LogP contribution >= 0.6 is 0 Å². The Morgan fingerprint density at radius 2 is 2.00 bits per heavy atom. The molecule has 0 aliphatic carbocycles. The molecule has 0 amide bonds. The predicted molar refractivity (Wildman–Crippen MR) is 63.6 cm³/mol. The van der Waals surface area contributed by atoms with E-state index >= 15 is 0 Å². The molecule has 3 heteroatoms. The van der Waals surface area contributed by atoms with Crippen LogP contribution in [0.15, 0.2) is 30.3 Å². The third kappa shape index (κ3) is 3.65. The summed E-state index contributed by atoms with van der Waals surface area (Å²) >= 11 is 0. The quantitative estimate of drug-likeness (QED) is 0.766. The largest absolute Gasteiger partial charge is 0.374 e. The van der Waals surface area contributed by atoms with Crippen molar-refractivity contribution in [1.82, 2.24) is 4.90 Å². The summed E-state index contributed by atoms with van der Waals surface area (Å²) in [5, 5.41) is 18.7. The molecule has 1 unspecified atom stereocenters. The molecule has 0 bridgehead atoms. The van der Waals surface area contributed by atoms with E-state index in [2.05, 4.69) is 0 Å². The number of rotatable bonds is 5. The van der Waals surface area contributed by atoms with Crippen LogP contribution in [0.25, 0.3) is 0 Å². The van der Waals surface area contributed by atoms with Crippen LogP contribution in [0.1, 0.15) is 18.9 Å². The third-order valence-electron chi connectivity index (χ3n) is 2.62. The molecule has 0 aromatic heterocycles. The van der Waals surface area contributed by atoms with Gasteiger partial charge >= 0.3 is 0 Å². The molecule has 1 aromatic rings. The Morgan fingerprint density at radius 3 is 2.50 bits per heavy atom. The zero-order valence-electron chi connectivity index (χ0n) is 9.85. The number of aliphatic hydroxyl groups is 1. The number of hydrogen-bond donors (Lipinski definition) is 1. The van der Waals surface area contributed by atoms with E-state index in [1.807, 2.05) is 55.3 Å². The Morgan fingerprint density at radius 1 is 1.38 bits per heavy atom. The fourth-order valence-corrected chi connectivity index (χ4v) is 1.62. The van der Waals surface area contributed by atoms with Crippen LogP contribution in [0, 0.1) is 11.3 Å². The zero-order chi connectivity index (χ0) is 12.0. The van der Waals surface area contributed by atoms with Crippen LogP contribution in [0.5, 0.6) is 0 Å². The van der Waals surface area contributed by atoms with E-state index in [4.69, 9.17) is 5.26 Å². The second kappa shape index (κ2) is 5.64. The molecule has 3 nitrogen and oxygen atoms in total. The van der Waals surface area contributed by atoms with Crippen LogP contribution in [0.4, 0.5) is 0 Å². The van der Waals surface area contributed by atoms with Gasteiger partial charge in [0.1, 0.15) is 0 Å². The average Bonchev–Trinajstić information content (AvgIpc) is 2.30. The fourth-order valence-electron chi connectivity index (χ4n) is 1.62. The molecule has 1 N–H and O–H groups in total. The Bertz CT molecular complexity index is 358. The normalized spacial score (nSPS) is 14.4. The second-order valence-electron chi connectivity index (χ2n) is 4.15. The highest BCUT2D eigenvalue weighted by Gasteiger charge is 2.25. The number of nitriles is 1. The number of hydrogen-bond acceptors (Lipinski definition) is 3. The van der Waals surface area contributed by atoms with E-state index in [1.165, 1.54) is 5.56 Å². The van der Waals surface area contributed by atoms with Gasteiger partial charge in [0.05, 0.1) is 6.07 Å². The van der Waals surface area contributed by atoms with Crippen molar-refractivity contribution in [2.75, 3.05) is 13.6 Å². The first-order valence-corrected chi connectivity index (χ1v) is 5.46. The summed E-state index contributed by atoms with van der Waals surface area (Å²) in [5.41, 5.74) is -0.0508. The van der Waals surface area contributed by atoms with Crippen molar-refractivity contribution in [3.05, 3.63) is 35.9 Å². The van der Waals surface area contributed by atoms with Crippen molar-refractivity contribution < 1.29 is 5.11 Å². The van der Waals surface area contributed by atoms with Gasteiger partial charge in [0, 0.05) is 13.1 Å². The minimum Gasteiger partial charge on any atom is -0.374 e. The molecular formula is C13H18N2O. The van der Waals surface area contributed by atoms with E-state index in [0.29, 0.717) is 13.0 Å². The van der Waals surface area contributed by atoms with E-state index in [0.717, 1.165) is 6.54 Å². The molecular weight excluding hydrogens is 200 g/mol. The van der Waals surface area contributed by atoms with Crippen LogP contribution < -0.4 is 0 Å². The summed E-state index contributed by atoms with van der Waals surface area (Å²) < 4.78 is 0. The summed E-state index contributed by atoms with van der Waals surface area (Å²) in [6.45, 7) is 2.93. The molecule has 0 aliphatic rings. The highest BCUT2D eigenvalue weighted by molar-refractivity contribution is 5.14. The summed E-state index contributed by atoms with van der Waals surface area (Å²) in [6.07, 6.45) is 0.447. The van der Waals surface area contributed by atoms with Crippen molar-refractivity contribution in [3.8, 4) is 6.07 Å². The molecule has 1 atom stereocenters. The molecule has 0 heterocycles. The molecule has 1 rings (SSSR count). The lowest BCUT2D eigenvalue weighted by molar-refractivity contribution is 0.0554. The zero-order valence-corrected chi connectivity index (χ0v) is 9.85. The summed E-state index contributed by atoms with van der Waals surface area (Å²) in [7, 11) is 1.91. The van der Waals surface area contributed by atoms with Crippen LogP contribution in [-0.2, 0) is 6.54 Å². The highest BCUT2D eigenvalue weighted by atomic mass is 16.3. The number of likely N-dealkylation sites (N-methyl/N-ethyl adjacent to an activating group) is 1. The van der Waals surface area contributed by atoms with E-state index < -0.39 is 5.60 Å². The van der Waals surface area contributed by atoms with E-state index in [9.17, 15) is 5.11 Å². The fraction of sp³-hybridized carbons (Fsp3) is 0.462.